The predicted octanol–water partition coefficient (Wildman–Crippen LogP) is 2.32. The highest BCUT2D eigenvalue weighted by Gasteiger charge is 2.36. The van der Waals surface area contributed by atoms with E-state index in [1.54, 1.807) is 26.2 Å². The smallest absolute Gasteiger partial charge is 0.410 e. The molecule has 0 saturated carbocycles. The molecule has 0 radical (unpaired) electrons. The van der Waals surface area contributed by atoms with E-state index in [2.05, 4.69) is 4.98 Å². The fourth-order valence-corrected chi connectivity index (χ4v) is 4.99. The van der Waals surface area contributed by atoms with E-state index in [0.717, 1.165) is 11.3 Å². The number of thiazole rings is 1. The van der Waals surface area contributed by atoms with Gasteiger partial charge in [0.05, 0.1) is 5.25 Å². The lowest BCUT2D eigenvalue weighted by atomic mass is 10.1. The zero-order valence-corrected chi connectivity index (χ0v) is 14.0. The second-order valence-corrected chi connectivity index (χ2v) is 9.33. The molecule has 0 aliphatic carbocycles. The molecule has 1 aliphatic rings. The van der Waals surface area contributed by atoms with Gasteiger partial charge in [-0.3, -0.25) is 0 Å². The molecule has 0 spiro atoms. The minimum Gasteiger partial charge on any atom is -0.444 e. The molecule has 2 rings (SSSR count). The molecule has 6 nitrogen and oxygen atoms in total. The van der Waals surface area contributed by atoms with E-state index in [9.17, 15) is 13.2 Å². The quantitative estimate of drug-likeness (QED) is 0.830. The summed E-state index contributed by atoms with van der Waals surface area (Å²) in [5, 5.41) is 1.03. The molecule has 0 unspecified atom stereocenters. The summed E-state index contributed by atoms with van der Waals surface area (Å²) in [5.74, 6) is 0. The van der Waals surface area contributed by atoms with E-state index in [0.29, 0.717) is 19.4 Å². The van der Waals surface area contributed by atoms with Crippen LogP contribution in [0.2, 0.25) is 0 Å². The van der Waals surface area contributed by atoms with Crippen LogP contribution in [-0.2, 0) is 14.6 Å². The van der Waals surface area contributed by atoms with Crippen LogP contribution in [0.3, 0.4) is 0 Å². The normalized spacial score (nSPS) is 20.3. The van der Waals surface area contributed by atoms with Crippen molar-refractivity contribution in [2.24, 2.45) is 0 Å². The highest BCUT2D eigenvalue weighted by atomic mass is 32.2. The number of carbonyl (C=O) groups is 1. The maximum atomic E-state index is 12.5. The monoisotopic (exact) mass is 332 g/mol. The first-order valence-corrected chi connectivity index (χ1v) is 9.24. The molecule has 8 heteroatoms. The lowest BCUT2D eigenvalue weighted by Crippen LogP contribution is -2.47. The summed E-state index contributed by atoms with van der Waals surface area (Å²) < 4.78 is 30.4. The molecule has 2 heterocycles. The van der Waals surface area contributed by atoms with Crippen LogP contribution in [0, 0.1) is 0 Å². The Morgan fingerprint density at radius 1 is 1.48 bits per heavy atom. The van der Waals surface area contributed by atoms with Crippen molar-refractivity contribution >= 4 is 27.3 Å². The first-order valence-electron chi connectivity index (χ1n) is 6.81. The topological polar surface area (TPSA) is 76.6 Å². The van der Waals surface area contributed by atoms with Crippen molar-refractivity contribution in [2.45, 2.75) is 48.8 Å². The van der Waals surface area contributed by atoms with Crippen LogP contribution in [0.1, 0.15) is 33.6 Å². The van der Waals surface area contributed by atoms with Gasteiger partial charge in [0.2, 0.25) is 14.2 Å². The fraction of sp³-hybridized carbons (Fsp3) is 0.692. The number of hydrogen-bond donors (Lipinski definition) is 0. The Kier molecular flexibility index (Phi) is 4.57. The van der Waals surface area contributed by atoms with Gasteiger partial charge in [-0.25, -0.2) is 18.2 Å². The van der Waals surface area contributed by atoms with Crippen LogP contribution in [-0.4, -0.2) is 48.3 Å². The van der Waals surface area contributed by atoms with Crippen LogP contribution in [0.25, 0.3) is 0 Å². The number of likely N-dealkylation sites (tertiary alicyclic amines) is 1. The van der Waals surface area contributed by atoms with E-state index in [1.165, 1.54) is 11.1 Å². The third-order valence-corrected chi connectivity index (χ3v) is 6.53. The standard InChI is InChI=1S/C13H20N2O4S2/c1-13(2,3)19-12(16)15-7-4-5-10(9-15)21(17,18)11-14-6-8-20-11/h6,8,10H,4-5,7,9H2,1-3H3/t10-/m0/s1. The molecule has 1 aromatic rings. The number of aromatic nitrogens is 1. The summed E-state index contributed by atoms with van der Waals surface area (Å²) in [4.78, 5) is 17.4. The van der Waals surface area contributed by atoms with Crippen molar-refractivity contribution in [2.75, 3.05) is 13.1 Å². The Balaban J connectivity index is 2.09. The summed E-state index contributed by atoms with van der Waals surface area (Å²) in [6.07, 6.45) is 2.21. The molecule has 1 atom stereocenters. The number of carbonyl (C=O) groups excluding carboxylic acids is 1. The summed E-state index contributed by atoms with van der Waals surface area (Å²) >= 11 is 1.11. The summed E-state index contributed by atoms with van der Waals surface area (Å²) in [6, 6.07) is 0. The van der Waals surface area contributed by atoms with Gasteiger partial charge in [0, 0.05) is 24.7 Å². The molecule has 1 aliphatic heterocycles. The molecular weight excluding hydrogens is 312 g/mol. The largest absolute Gasteiger partial charge is 0.444 e. The third-order valence-electron chi connectivity index (χ3n) is 3.12. The van der Waals surface area contributed by atoms with Gasteiger partial charge < -0.3 is 9.64 Å². The van der Waals surface area contributed by atoms with E-state index in [1.807, 2.05) is 0 Å². The maximum Gasteiger partial charge on any atom is 0.410 e. The van der Waals surface area contributed by atoms with E-state index < -0.39 is 26.8 Å². The van der Waals surface area contributed by atoms with Gasteiger partial charge in [-0.1, -0.05) is 0 Å². The SMILES string of the molecule is CC(C)(C)OC(=O)N1CCC[C@H](S(=O)(=O)c2nccs2)C1. The van der Waals surface area contributed by atoms with E-state index in [-0.39, 0.29) is 10.9 Å². The van der Waals surface area contributed by atoms with Gasteiger partial charge >= 0.3 is 6.09 Å². The summed E-state index contributed by atoms with van der Waals surface area (Å²) in [7, 11) is -3.47. The Bertz CT molecular complexity index is 590. The third kappa shape index (κ3) is 3.94. The van der Waals surface area contributed by atoms with Crippen LogP contribution >= 0.6 is 11.3 Å². The van der Waals surface area contributed by atoms with Gasteiger partial charge in [0.1, 0.15) is 5.60 Å². The van der Waals surface area contributed by atoms with Gasteiger partial charge in [-0.15, -0.1) is 11.3 Å². The van der Waals surface area contributed by atoms with Gasteiger partial charge in [-0.05, 0) is 33.6 Å². The Morgan fingerprint density at radius 3 is 2.76 bits per heavy atom. The van der Waals surface area contributed by atoms with Crippen molar-refractivity contribution in [3.63, 3.8) is 0 Å². The van der Waals surface area contributed by atoms with Crippen molar-refractivity contribution < 1.29 is 17.9 Å². The number of piperidine rings is 1. The number of rotatable bonds is 2. The summed E-state index contributed by atoms with van der Waals surface area (Å²) in [6.45, 7) is 6.06. The molecule has 0 aromatic carbocycles. The average Bonchev–Trinajstić information content (AvgIpc) is 2.91. The molecule has 1 aromatic heterocycles. The first-order chi connectivity index (χ1) is 9.70. The van der Waals surface area contributed by atoms with Crippen LogP contribution in [0.15, 0.2) is 15.9 Å². The molecule has 1 amide bonds. The highest BCUT2D eigenvalue weighted by Crippen LogP contribution is 2.26. The minimum absolute atomic E-state index is 0.124. The van der Waals surface area contributed by atoms with Crippen molar-refractivity contribution in [3.05, 3.63) is 11.6 Å². The predicted molar refractivity (Wildman–Crippen MR) is 80.1 cm³/mol. The van der Waals surface area contributed by atoms with Gasteiger partial charge in [-0.2, -0.15) is 0 Å². The second kappa shape index (κ2) is 5.92. The first kappa shape index (κ1) is 16.2. The molecule has 1 saturated heterocycles. The molecule has 0 N–H and O–H groups in total. The second-order valence-electron chi connectivity index (χ2n) is 6.03. The Hall–Kier alpha value is -1.15. The lowest BCUT2D eigenvalue weighted by molar-refractivity contribution is 0.0219. The average molecular weight is 332 g/mol. The van der Waals surface area contributed by atoms with Gasteiger partial charge in [0.25, 0.3) is 0 Å². The number of amides is 1. The highest BCUT2D eigenvalue weighted by molar-refractivity contribution is 7.93. The van der Waals surface area contributed by atoms with Crippen LogP contribution in [0.5, 0.6) is 0 Å². The van der Waals surface area contributed by atoms with E-state index >= 15 is 0 Å². The van der Waals surface area contributed by atoms with Crippen molar-refractivity contribution in [1.82, 2.24) is 9.88 Å². The number of sulfone groups is 1. The minimum atomic E-state index is -3.47. The molecule has 1 fully saturated rings. The van der Waals surface area contributed by atoms with Crippen LogP contribution in [0.4, 0.5) is 4.79 Å². The molecule has 0 bridgehead atoms. The Morgan fingerprint density at radius 2 is 2.19 bits per heavy atom. The lowest BCUT2D eigenvalue weighted by Gasteiger charge is -2.33. The molecular formula is C13H20N2O4S2. The van der Waals surface area contributed by atoms with Gasteiger partial charge in [0.15, 0.2) is 0 Å². The zero-order chi connectivity index (χ0) is 15.7. The van der Waals surface area contributed by atoms with E-state index in [4.69, 9.17) is 4.74 Å². The van der Waals surface area contributed by atoms with Crippen LogP contribution < -0.4 is 0 Å². The number of nitrogens with zero attached hydrogens (tertiary/aromatic N) is 2. The Labute approximate surface area is 129 Å². The summed E-state index contributed by atoms with van der Waals surface area (Å²) in [5.41, 5.74) is -0.585. The van der Waals surface area contributed by atoms with Crippen molar-refractivity contribution in [1.29, 1.82) is 0 Å². The molecule has 118 valence electrons. The number of hydrogen-bond acceptors (Lipinski definition) is 6. The van der Waals surface area contributed by atoms with Crippen molar-refractivity contribution in [3.8, 4) is 0 Å². The molecule has 21 heavy (non-hydrogen) atoms. The fourth-order valence-electron chi connectivity index (χ4n) is 2.18. The zero-order valence-electron chi connectivity index (χ0n) is 12.4. The number of ether oxygens (including phenoxy) is 1. The maximum absolute atomic E-state index is 12.5.